The van der Waals surface area contributed by atoms with Crippen LogP contribution in [0.25, 0.3) is 0 Å². The van der Waals surface area contributed by atoms with Crippen molar-refractivity contribution >= 4 is 23.5 Å². The Kier molecular flexibility index (Phi) is 6.13. The van der Waals surface area contributed by atoms with Gasteiger partial charge in [-0.3, -0.25) is 9.59 Å². The summed E-state index contributed by atoms with van der Waals surface area (Å²) in [5.41, 5.74) is 1.06. The molecule has 1 N–H and O–H groups in total. The van der Waals surface area contributed by atoms with E-state index < -0.39 is 11.9 Å². The Labute approximate surface area is 123 Å². The zero-order valence-corrected chi connectivity index (χ0v) is 12.3. The standard InChI is InChI=1S/C15H18N2O4/c1-4-21-14(19)10-9-13(18)16-12-7-5-11(6-8-12)15(20)17(2)3/h5-10H,4H2,1-3H3,(H,16,18)/b10-9+. The van der Waals surface area contributed by atoms with E-state index in [9.17, 15) is 14.4 Å². The number of ether oxygens (including phenoxy) is 1. The minimum absolute atomic E-state index is 0.116. The van der Waals surface area contributed by atoms with Crippen LogP contribution in [-0.4, -0.2) is 43.4 Å². The second kappa shape index (κ2) is 7.84. The Bertz CT molecular complexity index is 547. The third-order valence-electron chi connectivity index (χ3n) is 2.46. The third-order valence-corrected chi connectivity index (χ3v) is 2.46. The highest BCUT2D eigenvalue weighted by atomic mass is 16.5. The Morgan fingerprint density at radius 2 is 1.76 bits per heavy atom. The second-order valence-corrected chi connectivity index (χ2v) is 4.35. The fourth-order valence-corrected chi connectivity index (χ4v) is 1.47. The molecular formula is C15H18N2O4. The first kappa shape index (κ1) is 16.4. The Morgan fingerprint density at radius 1 is 1.14 bits per heavy atom. The molecule has 0 aliphatic rings. The maximum absolute atomic E-state index is 11.7. The van der Waals surface area contributed by atoms with Crippen LogP contribution in [0, 0.1) is 0 Å². The molecule has 0 radical (unpaired) electrons. The maximum atomic E-state index is 11.7. The fraction of sp³-hybridized carbons (Fsp3) is 0.267. The van der Waals surface area contributed by atoms with Crippen molar-refractivity contribution in [3.8, 4) is 0 Å². The van der Waals surface area contributed by atoms with E-state index >= 15 is 0 Å². The first-order chi connectivity index (χ1) is 9.93. The molecule has 0 aliphatic heterocycles. The normalized spacial score (nSPS) is 10.2. The minimum atomic E-state index is -0.570. The molecule has 1 aromatic rings. The van der Waals surface area contributed by atoms with Gasteiger partial charge in [0, 0.05) is 37.5 Å². The van der Waals surface area contributed by atoms with Crippen molar-refractivity contribution < 1.29 is 19.1 Å². The van der Waals surface area contributed by atoms with Crippen LogP contribution in [0.1, 0.15) is 17.3 Å². The number of amides is 2. The summed E-state index contributed by atoms with van der Waals surface area (Å²) >= 11 is 0. The van der Waals surface area contributed by atoms with Crippen LogP contribution in [0.2, 0.25) is 0 Å². The van der Waals surface area contributed by atoms with Crippen LogP contribution >= 0.6 is 0 Å². The summed E-state index contributed by atoms with van der Waals surface area (Å²) in [4.78, 5) is 35.8. The highest BCUT2D eigenvalue weighted by Gasteiger charge is 2.07. The van der Waals surface area contributed by atoms with Crippen molar-refractivity contribution in [3.05, 3.63) is 42.0 Å². The molecule has 0 spiro atoms. The molecule has 6 nitrogen and oxygen atoms in total. The summed E-state index contributed by atoms with van der Waals surface area (Å²) < 4.78 is 4.66. The van der Waals surface area contributed by atoms with Gasteiger partial charge in [0.2, 0.25) is 5.91 Å². The first-order valence-electron chi connectivity index (χ1n) is 6.41. The Hall–Kier alpha value is -2.63. The molecule has 0 aliphatic carbocycles. The SMILES string of the molecule is CCOC(=O)/C=C/C(=O)Nc1ccc(C(=O)N(C)C)cc1. The lowest BCUT2D eigenvalue weighted by molar-refractivity contribution is -0.137. The number of carbonyl (C=O) groups is 3. The van der Waals surface area contributed by atoms with Crippen LogP contribution in [0.3, 0.4) is 0 Å². The van der Waals surface area contributed by atoms with Gasteiger partial charge in [0.15, 0.2) is 0 Å². The van der Waals surface area contributed by atoms with Crippen molar-refractivity contribution in [2.45, 2.75) is 6.92 Å². The van der Waals surface area contributed by atoms with E-state index in [1.807, 2.05) is 0 Å². The minimum Gasteiger partial charge on any atom is -0.463 e. The van der Waals surface area contributed by atoms with E-state index in [4.69, 9.17) is 0 Å². The fourth-order valence-electron chi connectivity index (χ4n) is 1.47. The van der Waals surface area contributed by atoms with Gasteiger partial charge in [-0.15, -0.1) is 0 Å². The number of hydrogen-bond acceptors (Lipinski definition) is 4. The number of rotatable bonds is 5. The number of nitrogens with zero attached hydrogens (tertiary/aromatic N) is 1. The first-order valence-corrected chi connectivity index (χ1v) is 6.41. The van der Waals surface area contributed by atoms with Gasteiger partial charge in [0.1, 0.15) is 0 Å². The number of nitrogens with one attached hydrogen (secondary N) is 1. The maximum Gasteiger partial charge on any atom is 0.330 e. The van der Waals surface area contributed by atoms with E-state index in [0.717, 1.165) is 12.2 Å². The molecule has 2 amide bonds. The van der Waals surface area contributed by atoms with Crippen molar-refractivity contribution in [2.75, 3.05) is 26.0 Å². The van der Waals surface area contributed by atoms with Crippen LogP contribution in [0.4, 0.5) is 5.69 Å². The lowest BCUT2D eigenvalue weighted by Gasteiger charge is -2.10. The zero-order chi connectivity index (χ0) is 15.8. The van der Waals surface area contributed by atoms with Gasteiger partial charge in [-0.05, 0) is 31.2 Å². The van der Waals surface area contributed by atoms with Crippen molar-refractivity contribution in [3.63, 3.8) is 0 Å². The number of carbonyl (C=O) groups excluding carboxylic acids is 3. The topological polar surface area (TPSA) is 75.7 Å². The number of esters is 1. The predicted octanol–water partition coefficient (Wildman–Crippen LogP) is 1.45. The monoisotopic (exact) mass is 290 g/mol. The highest BCUT2D eigenvalue weighted by molar-refractivity contribution is 6.03. The number of anilines is 1. The average Bonchev–Trinajstić information content (AvgIpc) is 2.45. The van der Waals surface area contributed by atoms with Gasteiger partial charge in [-0.2, -0.15) is 0 Å². The quantitative estimate of drug-likeness (QED) is 0.658. The molecular weight excluding hydrogens is 272 g/mol. The van der Waals surface area contributed by atoms with Crippen LogP contribution in [0.5, 0.6) is 0 Å². The van der Waals surface area contributed by atoms with E-state index in [1.54, 1.807) is 45.3 Å². The molecule has 0 saturated heterocycles. The molecule has 0 unspecified atom stereocenters. The van der Waals surface area contributed by atoms with E-state index in [1.165, 1.54) is 4.90 Å². The molecule has 21 heavy (non-hydrogen) atoms. The summed E-state index contributed by atoms with van der Waals surface area (Å²) in [6, 6.07) is 6.47. The van der Waals surface area contributed by atoms with Gasteiger partial charge in [-0.1, -0.05) is 0 Å². The Morgan fingerprint density at radius 3 is 2.29 bits per heavy atom. The van der Waals surface area contributed by atoms with E-state index in [2.05, 4.69) is 10.1 Å². The molecule has 0 aromatic heterocycles. The van der Waals surface area contributed by atoms with E-state index in [-0.39, 0.29) is 12.5 Å². The van der Waals surface area contributed by atoms with Crippen LogP contribution in [0.15, 0.2) is 36.4 Å². The Balaban J connectivity index is 2.62. The lowest BCUT2D eigenvalue weighted by Crippen LogP contribution is -2.21. The molecule has 6 heteroatoms. The number of benzene rings is 1. The summed E-state index contributed by atoms with van der Waals surface area (Å²) in [5.74, 6) is -1.13. The van der Waals surface area contributed by atoms with Crippen molar-refractivity contribution in [1.82, 2.24) is 4.90 Å². The van der Waals surface area contributed by atoms with E-state index in [0.29, 0.717) is 11.3 Å². The smallest absolute Gasteiger partial charge is 0.330 e. The molecule has 0 saturated carbocycles. The zero-order valence-electron chi connectivity index (χ0n) is 12.3. The molecule has 0 heterocycles. The molecule has 0 bridgehead atoms. The number of hydrogen-bond donors (Lipinski definition) is 1. The van der Waals surface area contributed by atoms with Crippen LogP contribution < -0.4 is 5.32 Å². The van der Waals surface area contributed by atoms with Crippen LogP contribution in [-0.2, 0) is 14.3 Å². The average molecular weight is 290 g/mol. The summed E-state index contributed by atoms with van der Waals surface area (Å²) in [5, 5.41) is 2.58. The van der Waals surface area contributed by atoms with Gasteiger partial charge in [0.25, 0.3) is 5.91 Å². The van der Waals surface area contributed by atoms with Gasteiger partial charge in [-0.25, -0.2) is 4.79 Å². The predicted molar refractivity (Wildman–Crippen MR) is 78.9 cm³/mol. The molecule has 112 valence electrons. The highest BCUT2D eigenvalue weighted by Crippen LogP contribution is 2.10. The second-order valence-electron chi connectivity index (χ2n) is 4.35. The van der Waals surface area contributed by atoms with Gasteiger partial charge in [0.05, 0.1) is 6.61 Å². The summed E-state index contributed by atoms with van der Waals surface area (Å²) in [6.45, 7) is 1.94. The molecule has 1 rings (SSSR count). The largest absolute Gasteiger partial charge is 0.463 e. The van der Waals surface area contributed by atoms with Crippen molar-refractivity contribution in [1.29, 1.82) is 0 Å². The summed E-state index contributed by atoms with van der Waals surface area (Å²) in [6.07, 6.45) is 2.15. The molecule has 1 aromatic carbocycles. The third kappa shape index (κ3) is 5.48. The lowest BCUT2D eigenvalue weighted by atomic mass is 10.2. The molecule has 0 fully saturated rings. The summed E-state index contributed by atoms with van der Waals surface area (Å²) in [7, 11) is 3.33. The van der Waals surface area contributed by atoms with Gasteiger partial charge >= 0.3 is 5.97 Å². The van der Waals surface area contributed by atoms with Gasteiger partial charge < -0.3 is 15.0 Å². The molecule has 0 atom stereocenters. The van der Waals surface area contributed by atoms with Crippen molar-refractivity contribution in [2.24, 2.45) is 0 Å².